The largest absolute Gasteiger partial charge is 0.460 e. The minimum Gasteiger partial charge on any atom is -0.460 e. The van der Waals surface area contributed by atoms with Gasteiger partial charge in [0.15, 0.2) is 0 Å². The van der Waals surface area contributed by atoms with Gasteiger partial charge in [-0.15, -0.1) is 0 Å². The average molecular weight is 360 g/mol. The van der Waals surface area contributed by atoms with Gasteiger partial charge in [0.1, 0.15) is 17.1 Å². The van der Waals surface area contributed by atoms with Gasteiger partial charge in [0, 0.05) is 6.07 Å². The first-order chi connectivity index (χ1) is 13.1. The molecule has 27 heavy (non-hydrogen) atoms. The maximum Gasteiger partial charge on any atom is 0.314 e. The Morgan fingerprint density at radius 3 is 2.67 bits per heavy atom. The summed E-state index contributed by atoms with van der Waals surface area (Å²) in [7, 11) is 0. The minimum absolute atomic E-state index is 0.0877. The van der Waals surface area contributed by atoms with Crippen molar-refractivity contribution in [3.8, 4) is 16.9 Å². The molecule has 0 spiro atoms. The molecule has 4 rings (SSSR count). The molecular weight excluding hydrogens is 340 g/mol. The topological polar surface area (TPSA) is 56.5 Å². The summed E-state index contributed by atoms with van der Waals surface area (Å²) < 4.78 is 11.4. The molecule has 136 valence electrons. The van der Waals surface area contributed by atoms with E-state index in [4.69, 9.17) is 9.15 Å². The van der Waals surface area contributed by atoms with Crippen molar-refractivity contribution in [3.63, 3.8) is 0 Å². The van der Waals surface area contributed by atoms with E-state index in [1.54, 1.807) is 25.1 Å². The molecule has 1 aliphatic rings. The maximum atomic E-state index is 13.0. The highest BCUT2D eigenvalue weighted by Gasteiger charge is 2.21. The monoisotopic (exact) mass is 360 g/mol. The number of aryl methyl sites for hydroxylation is 1. The van der Waals surface area contributed by atoms with Gasteiger partial charge in [-0.2, -0.15) is 0 Å². The quantitative estimate of drug-likeness (QED) is 0.373. The Bertz CT molecular complexity index is 1080. The van der Waals surface area contributed by atoms with Gasteiger partial charge in [0.2, 0.25) is 5.43 Å². The zero-order valence-electron chi connectivity index (χ0n) is 15.1. The van der Waals surface area contributed by atoms with Crippen LogP contribution in [0.5, 0.6) is 5.75 Å². The van der Waals surface area contributed by atoms with E-state index >= 15 is 0 Å². The van der Waals surface area contributed by atoms with E-state index in [0.717, 1.165) is 18.4 Å². The fourth-order valence-electron chi connectivity index (χ4n) is 3.50. The normalized spacial score (nSPS) is 16.4. The van der Waals surface area contributed by atoms with Crippen molar-refractivity contribution in [2.24, 2.45) is 5.92 Å². The number of carbonyl (C=O) groups is 1. The van der Waals surface area contributed by atoms with Crippen LogP contribution in [0.15, 0.2) is 69.9 Å². The minimum atomic E-state index is -0.237. The van der Waals surface area contributed by atoms with Crippen LogP contribution in [0.4, 0.5) is 0 Å². The molecule has 0 aliphatic heterocycles. The summed E-state index contributed by atoms with van der Waals surface area (Å²) in [6, 6.07) is 14.4. The van der Waals surface area contributed by atoms with Crippen LogP contribution in [-0.2, 0) is 4.79 Å². The van der Waals surface area contributed by atoms with Gasteiger partial charge >= 0.3 is 5.97 Å². The Morgan fingerprint density at radius 1 is 1.11 bits per heavy atom. The van der Waals surface area contributed by atoms with Crippen LogP contribution in [0.1, 0.15) is 25.0 Å². The first-order valence-electron chi connectivity index (χ1n) is 9.13. The van der Waals surface area contributed by atoms with Crippen LogP contribution in [-0.4, -0.2) is 5.97 Å². The Kier molecular flexibility index (Phi) is 4.63. The summed E-state index contributed by atoms with van der Waals surface area (Å²) in [6.45, 7) is 1.77. The highest BCUT2D eigenvalue weighted by atomic mass is 16.5. The van der Waals surface area contributed by atoms with Crippen molar-refractivity contribution in [3.05, 3.63) is 76.7 Å². The number of hydrogen-bond donors (Lipinski definition) is 0. The molecule has 1 aliphatic carbocycles. The van der Waals surface area contributed by atoms with E-state index in [9.17, 15) is 9.59 Å². The average Bonchev–Trinajstić information content (AvgIpc) is 2.69. The molecule has 0 saturated carbocycles. The standard InChI is InChI=1S/C23H20O4/c1-15-21(16-8-4-2-5-9-16)22(24)19-13-12-18(14-20(19)26-15)27-23(25)17-10-6-3-7-11-17/h2-6,8-9,12-14,17H,7,10-11H2,1H3. The lowest BCUT2D eigenvalue weighted by molar-refractivity contribution is -0.139. The van der Waals surface area contributed by atoms with Crippen molar-refractivity contribution < 1.29 is 13.9 Å². The Morgan fingerprint density at radius 2 is 1.93 bits per heavy atom. The maximum absolute atomic E-state index is 13.0. The first-order valence-corrected chi connectivity index (χ1v) is 9.13. The van der Waals surface area contributed by atoms with Crippen LogP contribution >= 0.6 is 0 Å². The van der Waals surface area contributed by atoms with E-state index in [1.807, 2.05) is 36.4 Å². The van der Waals surface area contributed by atoms with E-state index in [0.29, 0.717) is 34.5 Å². The second kappa shape index (κ2) is 7.23. The van der Waals surface area contributed by atoms with E-state index < -0.39 is 0 Å². The molecule has 4 heteroatoms. The molecule has 1 atom stereocenters. The van der Waals surface area contributed by atoms with Crippen molar-refractivity contribution in [1.29, 1.82) is 0 Å². The number of fused-ring (bicyclic) bond motifs is 1. The number of rotatable bonds is 3. The van der Waals surface area contributed by atoms with Gasteiger partial charge in [-0.25, -0.2) is 0 Å². The molecule has 2 aromatic carbocycles. The number of allylic oxidation sites excluding steroid dienone is 2. The van der Waals surface area contributed by atoms with Crippen molar-refractivity contribution in [2.75, 3.05) is 0 Å². The van der Waals surface area contributed by atoms with Gasteiger partial charge in [0.05, 0.1) is 16.9 Å². The lowest BCUT2D eigenvalue weighted by Crippen LogP contribution is -2.21. The molecule has 0 bridgehead atoms. The molecule has 0 saturated heterocycles. The van der Waals surface area contributed by atoms with Crippen LogP contribution in [0.25, 0.3) is 22.1 Å². The summed E-state index contributed by atoms with van der Waals surface area (Å²) in [5.74, 6) is 0.593. The lowest BCUT2D eigenvalue weighted by Gasteiger charge is -2.16. The Labute approximate surface area is 157 Å². The third-order valence-electron chi connectivity index (χ3n) is 4.92. The van der Waals surface area contributed by atoms with Gasteiger partial charge in [-0.05, 0) is 43.9 Å². The van der Waals surface area contributed by atoms with E-state index in [2.05, 4.69) is 6.08 Å². The zero-order chi connectivity index (χ0) is 18.8. The summed E-state index contributed by atoms with van der Waals surface area (Å²) in [4.78, 5) is 25.3. The molecule has 1 unspecified atom stereocenters. The molecule has 3 aromatic rings. The van der Waals surface area contributed by atoms with E-state index in [-0.39, 0.29) is 17.3 Å². The van der Waals surface area contributed by atoms with Crippen LogP contribution in [0.3, 0.4) is 0 Å². The predicted octanol–water partition coefficient (Wildman–Crippen LogP) is 5.03. The molecular formula is C23H20O4. The molecule has 4 nitrogen and oxygen atoms in total. The summed E-state index contributed by atoms with van der Waals surface area (Å²) in [5, 5.41) is 0.472. The fourth-order valence-corrected chi connectivity index (χ4v) is 3.50. The lowest BCUT2D eigenvalue weighted by atomic mass is 9.95. The molecule has 0 amide bonds. The summed E-state index contributed by atoms with van der Waals surface area (Å²) >= 11 is 0. The number of benzene rings is 2. The van der Waals surface area contributed by atoms with E-state index in [1.165, 1.54) is 0 Å². The third-order valence-corrected chi connectivity index (χ3v) is 4.92. The summed E-state index contributed by atoms with van der Waals surface area (Å²) in [6.07, 6.45) is 6.51. The van der Waals surface area contributed by atoms with Crippen molar-refractivity contribution >= 4 is 16.9 Å². The Hall–Kier alpha value is -3.14. The van der Waals surface area contributed by atoms with Crippen LogP contribution in [0, 0.1) is 12.8 Å². The van der Waals surface area contributed by atoms with Crippen LogP contribution in [0.2, 0.25) is 0 Å². The van der Waals surface area contributed by atoms with Crippen molar-refractivity contribution in [2.45, 2.75) is 26.2 Å². The SMILES string of the molecule is Cc1oc2cc(OC(=O)C3CC=CCC3)ccc2c(=O)c1-c1ccccc1. The number of ether oxygens (including phenoxy) is 1. The number of hydrogen-bond acceptors (Lipinski definition) is 4. The fraction of sp³-hybridized carbons (Fsp3) is 0.217. The zero-order valence-corrected chi connectivity index (χ0v) is 15.1. The third kappa shape index (κ3) is 3.43. The Balaban J connectivity index is 1.68. The molecule has 0 radical (unpaired) electrons. The second-order valence-electron chi connectivity index (χ2n) is 6.79. The smallest absolute Gasteiger partial charge is 0.314 e. The second-order valence-corrected chi connectivity index (χ2v) is 6.79. The molecule has 1 heterocycles. The van der Waals surface area contributed by atoms with Crippen LogP contribution < -0.4 is 10.2 Å². The van der Waals surface area contributed by atoms with Gasteiger partial charge in [0.25, 0.3) is 0 Å². The summed E-state index contributed by atoms with van der Waals surface area (Å²) in [5.41, 5.74) is 1.72. The van der Waals surface area contributed by atoms with Gasteiger partial charge < -0.3 is 9.15 Å². The molecule has 0 N–H and O–H groups in total. The number of carbonyl (C=O) groups excluding carboxylic acids is 1. The molecule has 0 fully saturated rings. The predicted molar refractivity (Wildman–Crippen MR) is 105 cm³/mol. The van der Waals surface area contributed by atoms with Gasteiger partial charge in [-0.1, -0.05) is 42.5 Å². The molecule has 1 aromatic heterocycles. The van der Waals surface area contributed by atoms with Gasteiger partial charge in [-0.3, -0.25) is 9.59 Å². The number of esters is 1. The highest BCUT2D eigenvalue weighted by Crippen LogP contribution is 2.27. The first kappa shape index (κ1) is 17.3. The van der Waals surface area contributed by atoms with Crippen molar-refractivity contribution in [1.82, 2.24) is 0 Å². The highest BCUT2D eigenvalue weighted by molar-refractivity contribution is 5.84.